The van der Waals surface area contributed by atoms with Gasteiger partial charge >= 0.3 is 0 Å². The van der Waals surface area contributed by atoms with Crippen molar-refractivity contribution < 1.29 is 14.5 Å². The molecule has 0 radical (unpaired) electrons. The molecule has 0 aliphatic carbocycles. The lowest BCUT2D eigenvalue weighted by atomic mass is 10.0. The Bertz CT molecular complexity index is 575. The fourth-order valence-corrected chi connectivity index (χ4v) is 2.14. The largest absolute Gasteiger partial charge is 0.368 e. The lowest BCUT2D eigenvalue weighted by Crippen LogP contribution is -2.45. The molecule has 0 unspecified atom stereocenters. The molecular formula is C13H16BrN3O4. The van der Waals surface area contributed by atoms with E-state index < -0.39 is 22.8 Å². The number of nitrogens with zero attached hydrogens (tertiary/aromatic N) is 1. The fraction of sp³-hybridized carbons (Fsp3) is 0.385. The number of nitrogens with one attached hydrogen (secondary N) is 1. The topological polar surface area (TPSA) is 115 Å². The summed E-state index contributed by atoms with van der Waals surface area (Å²) in [6, 6.07) is 3.18. The van der Waals surface area contributed by atoms with Gasteiger partial charge in [0.15, 0.2) is 0 Å². The van der Waals surface area contributed by atoms with E-state index in [2.05, 4.69) is 21.2 Å². The van der Waals surface area contributed by atoms with Crippen LogP contribution in [0.25, 0.3) is 0 Å². The van der Waals surface area contributed by atoms with E-state index in [1.807, 2.05) is 13.8 Å². The van der Waals surface area contributed by atoms with Gasteiger partial charge < -0.3 is 11.1 Å². The third-order valence-corrected chi connectivity index (χ3v) is 3.43. The molecule has 1 aromatic carbocycles. The van der Waals surface area contributed by atoms with Gasteiger partial charge in [0, 0.05) is 11.6 Å². The minimum Gasteiger partial charge on any atom is -0.368 e. The molecule has 3 N–H and O–H groups in total. The number of carbonyl (C=O) groups excluding carboxylic acids is 2. The first-order chi connectivity index (χ1) is 9.72. The number of nitrogens with two attached hydrogens (primary N) is 1. The first-order valence-corrected chi connectivity index (χ1v) is 7.05. The molecule has 1 atom stereocenters. The van der Waals surface area contributed by atoms with Crippen LogP contribution in [0.3, 0.4) is 0 Å². The number of nitro groups is 1. The van der Waals surface area contributed by atoms with Crippen LogP contribution in [-0.2, 0) is 4.79 Å². The van der Waals surface area contributed by atoms with E-state index >= 15 is 0 Å². The average molecular weight is 358 g/mol. The SMILES string of the molecule is CC(C)C[C@H](NC(=O)c1ccc(Br)c([N+](=O)[O-])c1)C(N)=O. The number of carbonyl (C=O) groups is 2. The number of amides is 2. The number of nitro benzene ring substituents is 1. The molecule has 0 heterocycles. The Hall–Kier alpha value is -1.96. The van der Waals surface area contributed by atoms with Crippen LogP contribution in [0.2, 0.25) is 0 Å². The Morgan fingerprint density at radius 3 is 2.52 bits per heavy atom. The van der Waals surface area contributed by atoms with Crippen molar-refractivity contribution in [3.05, 3.63) is 38.3 Å². The lowest BCUT2D eigenvalue weighted by molar-refractivity contribution is -0.385. The summed E-state index contributed by atoms with van der Waals surface area (Å²) in [4.78, 5) is 33.6. The number of primary amides is 1. The minimum atomic E-state index is -0.805. The van der Waals surface area contributed by atoms with Crippen molar-refractivity contribution in [3.63, 3.8) is 0 Å². The zero-order chi connectivity index (χ0) is 16.2. The zero-order valence-electron chi connectivity index (χ0n) is 11.6. The summed E-state index contributed by atoms with van der Waals surface area (Å²) in [5, 5.41) is 13.3. The van der Waals surface area contributed by atoms with Gasteiger partial charge in [-0.3, -0.25) is 19.7 Å². The molecule has 0 aromatic heterocycles. The summed E-state index contributed by atoms with van der Waals surface area (Å²) in [6.07, 6.45) is 0.402. The van der Waals surface area contributed by atoms with E-state index in [0.29, 0.717) is 6.42 Å². The first-order valence-electron chi connectivity index (χ1n) is 6.26. The second-order valence-electron chi connectivity index (χ2n) is 4.98. The summed E-state index contributed by atoms with van der Waals surface area (Å²) < 4.78 is 0.276. The van der Waals surface area contributed by atoms with Crippen molar-refractivity contribution in [2.24, 2.45) is 11.7 Å². The maximum absolute atomic E-state index is 12.1. The Kier molecular flexibility index (Phi) is 5.83. The van der Waals surface area contributed by atoms with Gasteiger partial charge in [0.2, 0.25) is 5.91 Å². The van der Waals surface area contributed by atoms with Gasteiger partial charge in [-0.2, -0.15) is 0 Å². The average Bonchev–Trinajstić information content (AvgIpc) is 2.37. The molecular weight excluding hydrogens is 342 g/mol. The predicted molar refractivity (Wildman–Crippen MR) is 80.7 cm³/mol. The van der Waals surface area contributed by atoms with Crippen LogP contribution in [0.4, 0.5) is 5.69 Å². The number of hydrogen-bond donors (Lipinski definition) is 2. The molecule has 0 bridgehead atoms. The Morgan fingerprint density at radius 1 is 1.43 bits per heavy atom. The first kappa shape index (κ1) is 17.1. The van der Waals surface area contributed by atoms with E-state index in [1.54, 1.807) is 0 Å². The highest BCUT2D eigenvalue weighted by molar-refractivity contribution is 9.10. The number of benzene rings is 1. The molecule has 0 aliphatic heterocycles. The predicted octanol–water partition coefficient (Wildman–Crippen LogP) is 1.99. The zero-order valence-corrected chi connectivity index (χ0v) is 13.2. The summed E-state index contributed by atoms with van der Waals surface area (Å²) >= 11 is 3.04. The van der Waals surface area contributed by atoms with Gasteiger partial charge in [0.1, 0.15) is 6.04 Å². The summed E-state index contributed by atoms with van der Waals surface area (Å²) in [7, 11) is 0. The molecule has 0 saturated heterocycles. The number of halogens is 1. The summed E-state index contributed by atoms with van der Waals surface area (Å²) in [6.45, 7) is 3.79. The van der Waals surface area contributed by atoms with Gasteiger partial charge in [0.05, 0.1) is 9.40 Å². The highest BCUT2D eigenvalue weighted by Gasteiger charge is 2.22. The van der Waals surface area contributed by atoms with Gasteiger partial charge in [-0.05, 0) is 40.4 Å². The molecule has 0 spiro atoms. The van der Waals surface area contributed by atoms with Crippen LogP contribution in [0.5, 0.6) is 0 Å². The van der Waals surface area contributed by atoms with E-state index in [-0.39, 0.29) is 21.6 Å². The number of rotatable bonds is 6. The molecule has 8 heteroatoms. The van der Waals surface area contributed by atoms with Crippen molar-refractivity contribution in [2.45, 2.75) is 26.3 Å². The second-order valence-corrected chi connectivity index (χ2v) is 5.84. The molecule has 0 saturated carbocycles. The monoisotopic (exact) mass is 357 g/mol. The Labute approximate surface area is 130 Å². The van der Waals surface area contributed by atoms with Crippen LogP contribution in [0.1, 0.15) is 30.6 Å². The molecule has 21 heavy (non-hydrogen) atoms. The van der Waals surface area contributed by atoms with E-state index in [9.17, 15) is 19.7 Å². The third-order valence-electron chi connectivity index (χ3n) is 2.76. The number of hydrogen-bond acceptors (Lipinski definition) is 4. The smallest absolute Gasteiger partial charge is 0.284 e. The molecule has 0 fully saturated rings. The molecule has 2 amide bonds. The van der Waals surface area contributed by atoms with Crippen molar-refractivity contribution in [2.75, 3.05) is 0 Å². The van der Waals surface area contributed by atoms with E-state index in [4.69, 9.17) is 5.73 Å². The van der Waals surface area contributed by atoms with Crippen molar-refractivity contribution >= 4 is 33.4 Å². The van der Waals surface area contributed by atoms with Crippen LogP contribution in [-0.4, -0.2) is 22.8 Å². The summed E-state index contributed by atoms with van der Waals surface area (Å²) in [5.41, 5.74) is 5.12. The lowest BCUT2D eigenvalue weighted by Gasteiger charge is -2.17. The van der Waals surface area contributed by atoms with Crippen molar-refractivity contribution in [3.8, 4) is 0 Å². The van der Waals surface area contributed by atoms with E-state index in [1.165, 1.54) is 12.1 Å². The van der Waals surface area contributed by atoms with E-state index in [0.717, 1.165) is 6.07 Å². The Balaban J connectivity index is 2.95. The molecule has 0 aliphatic rings. The second kappa shape index (κ2) is 7.16. The molecule has 7 nitrogen and oxygen atoms in total. The van der Waals surface area contributed by atoms with Crippen LogP contribution < -0.4 is 11.1 Å². The summed E-state index contributed by atoms with van der Waals surface area (Å²) in [5.74, 6) is -1.04. The standard InChI is InChI=1S/C13H16BrN3O4/c1-7(2)5-10(12(15)18)16-13(19)8-3-4-9(14)11(6-8)17(20)21/h3-4,6-7,10H,5H2,1-2H3,(H2,15,18)(H,16,19)/t10-/m0/s1. The highest BCUT2D eigenvalue weighted by Crippen LogP contribution is 2.25. The fourth-order valence-electron chi connectivity index (χ4n) is 1.75. The highest BCUT2D eigenvalue weighted by atomic mass is 79.9. The van der Waals surface area contributed by atoms with Gasteiger partial charge in [-0.15, -0.1) is 0 Å². The normalized spacial score (nSPS) is 12.0. The van der Waals surface area contributed by atoms with Crippen LogP contribution >= 0.6 is 15.9 Å². The Morgan fingerprint density at radius 2 is 2.05 bits per heavy atom. The van der Waals surface area contributed by atoms with Crippen molar-refractivity contribution in [1.82, 2.24) is 5.32 Å². The quantitative estimate of drug-likeness (QED) is 0.598. The van der Waals surface area contributed by atoms with Crippen LogP contribution in [0.15, 0.2) is 22.7 Å². The maximum atomic E-state index is 12.1. The van der Waals surface area contributed by atoms with Gasteiger partial charge in [-0.25, -0.2) is 0 Å². The maximum Gasteiger partial charge on any atom is 0.284 e. The van der Waals surface area contributed by atoms with Crippen LogP contribution in [0, 0.1) is 16.0 Å². The molecule has 1 rings (SSSR count). The van der Waals surface area contributed by atoms with Gasteiger partial charge in [0.25, 0.3) is 11.6 Å². The van der Waals surface area contributed by atoms with Gasteiger partial charge in [-0.1, -0.05) is 13.8 Å². The minimum absolute atomic E-state index is 0.0971. The van der Waals surface area contributed by atoms with Crippen molar-refractivity contribution in [1.29, 1.82) is 0 Å². The molecule has 1 aromatic rings. The third kappa shape index (κ3) is 4.82. The molecule has 114 valence electrons.